The van der Waals surface area contributed by atoms with Gasteiger partial charge in [-0.15, -0.1) is 0 Å². The highest BCUT2D eigenvalue weighted by atomic mass is 19.3. The van der Waals surface area contributed by atoms with Crippen LogP contribution in [-0.4, -0.2) is 27.4 Å². The molecule has 0 radical (unpaired) electrons. The Bertz CT molecular complexity index is 1210. The molecule has 3 rings (SSSR count). The predicted octanol–water partition coefficient (Wildman–Crippen LogP) is 3.01. The number of aliphatic hydroxyl groups is 1. The molecule has 31 heavy (non-hydrogen) atoms. The van der Waals surface area contributed by atoms with E-state index in [2.05, 4.69) is 5.10 Å². The Morgan fingerprint density at radius 1 is 1.19 bits per heavy atom. The highest BCUT2D eigenvalue weighted by molar-refractivity contribution is 5.92. The van der Waals surface area contributed by atoms with Gasteiger partial charge >= 0.3 is 0 Å². The summed E-state index contributed by atoms with van der Waals surface area (Å²) < 4.78 is 43.1. The van der Waals surface area contributed by atoms with Crippen LogP contribution in [-0.2, 0) is 5.92 Å². The fourth-order valence-electron chi connectivity index (χ4n) is 3.56. The number of para-hydroxylation sites is 1. The number of alkyl halides is 2. The molecular formula is C22H20F3N3O3. The molecule has 3 aromatic rings. The molecule has 9 heteroatoms. The maximum atomic E-state index is 14.1. The van der Waals surface area contributed by atoms with Crippen LogP contribution in [0.4, 0.5) is 13.2 Å². The number of hydrogen-bond donors (Lipinski definition) is 2. The zero-order valence-electron chi connectivity index (χ0n) is 16.8. The van der Waals surface area contributed by atoms with E-state index in [4.69, 9.17) is 10.8 Å². The normalized spacial score (nSPS) is 12.6. The molecule has 0 bridgehead atoms. The minimum atomic E-state index is -3.46. The molecule has 1 aromatic heterocycles. The minimum Gasteiger partial charge on any atom is -0.390 e. The SMILES string of the molecule is Cc1c(C(C)c2cc(=O)n(-c3ccccc3F)nc2C(N)=O)cccc1C(F)(F)CO. The van der Waals surface area contributed by atoms with Crippen LogP contribution in [0.5, 0.6) is 0 Å². The van der Waals surface area contributed by atoms with Crippen molar-refractivity contribution in [2.75, 3.05) is 6.61 Å². The highest BCUT2D eigenvalue weighted by Crippen LogP contribution is 2.35. The Kier molecular flexibility index (Phi) is 5.99. The van der Waals surface area contributed by atoms with E-state index >= 15 is 0 Å². The maximum Gasteiger partial charge on any atom is 0.296 e. The number of nitrogens with zero attached hydrogens (tertiary/aromatic N) is 2. The molecule has 0 saturated heterocycles. The van der Waals surface area contributed by atoms with Crippen molar-refractivity contribution in [2.24, 2.45) is 5.73 Å². The third kappa shape index (κ3) is 4.09. The minimum absolute atomic E-state index is 0.123. The molecule has 1 amide bonds. The van der Waals surface area contributed by atoms with Crippen molar-refractivity contribution in [3.05, 3.63) is 92.6 Å². The van der Waals surface area contributed by atoms with Gasteiger partial charge in [-0.3, -0.25) is 9.59 Å². The molecular weight excluding hydrogens is 411 g/mol. The van der Waals surface area contributed by atoms with Gasteiger partial charge in [-0.1, -0.05) is 37.3 Å². The van der Waals surface area contributed by atoms with Crippen molar-refractivity contribution in [1.29, 1.82) is 0 Å². The maximum absolute atomic E-state index is 14.1. The van der Waals surface area contributed by atoms with Crippen molar-refractivity contribution in [3.63, 3.8) is 0 Å². The Morgan fingerprint density at radius 3 is 2.48 bits per heavy atom. The Morgan fingerprint density at radius 2 is 1.87 bits per heavy atom. The van der Waals surface area contributed by atoms with Crippen LogP contribution < -0.4 is 11.3 Å². The first-order chi connectivity index (χ1) is 14.6. The molecule has 1 heterocycles. The van der Waals surface area contributed by atoms with Crippen LogP contribution in [0.3, 0.4) is 0 Å². The highest BCUT2D eigenvalue weighted by Gasteiger charge is 2.33. The van der Waals surface area contributed by atoms with E-state index in [0.29, 0.717) is 5.56 Å². The van der Waals surface area contributed by atoms with Crippen LogP contribution in [0.2, 0.25) is 0 Å². The average Bonchev–Trinajstić information content (AvgIpc) is 2.73. The Labute approximate surface area is 175 Å². The monoisotopic (exact) mass is 431 g/mol. The molecule has 1 unspecified atom stereocenters. The van der Waals surface area contributed by atoms with Crippen molar-refractivity contribution in [3.8, 4) is 5.69 Å². The van der Waals surface area contributed by atoms with E-state index in [1.165, 1.54) is 37.3 Å². The Balaban J connectivity index is 2.19. The number of aromatic nitrogens is 2. The fourth-order valence-corrected chi connectivity index (χ4v) is 3.56. The number of halogens is 3. The smallest absolute Gasteiger partial charge is 0.296 e. The first-order valence-electron chi connectivity index (χ1n) is 9.36. The number of rotatable bonds is 6. The second kappa shape index (κ2) is 8.35. The first kappa shape index (κ1) is 22.2. The lowest BCUT2D eigenvalue weighted by atomic mass is 9.86. The quantitative estimate of drug-likeness (QED) is 0.627. The molecule has 162 valence electrons. The molecule has 0 aliphatic heterocycles. The predicted molar refractivity (Wildman–Crippen MR) is 108 cm³/mol. The number of amides is 1. The summed E-state index contributed by atoms with van der Waals surface area (Å²) in [6.07, 6.45) is 0. The van der Waals surface area contributed by atoms with Crippen molar-refractivity contribution in [2.45, 2.75) is 25.7 Å². The molecule has 0 fully saturated rings. The van der Waals surface area contributed by atoms with Gasteiger partial charge in [-0.2, -0.15) is 18.6 Å². The third-order valence-corrected chi connectivity index (χ3v) is 5.18. The summed E-state index contributed by atoms with van der Waals surface area (Å²) in [7, 11) is 0. The number of benzene rings is 2. The number of primary amides is 1. The zero-order valence-corrected chi connectivity index (χ0v) is 16.8. The van der Waals surface area contributed by atoms with Gasteiger partial charge in [0.05, 0.1) is 0 Å². The lowest BCUT2D eigenvalue weighted by molar-refractivity contribution is -0.0561. The number of carbonyl (C=O) groups is 1. The second-order valence-electron chi connectivity index (χ2n) is 7.12. The van der Waals surface area contributed by atoms with E-state index in [1.54, 1.807) is 13.0 Å². The topological polar surface area (TPSA) is 98.2 Å². The molecule has 0 spiro atoms. The summed E-state index contributed by atoms with van der Waals surface area (Å²) in [6.45, 7) is 1.71. The zero-order chi connectivity index (χ0) is 22.9. The summed E-state index contributed by atoms with van der Waals surface area (Å²) >= 11 is 0. The summed E-state index contributed by atoms with van der Waals surface area (Å²) in [4.78, 5) is 24.8. The van der Waals surface area contributed by atoms with Crippen LogP contribution in [0.15, 0.2) is 53.3 Å². The third-order valence-electron chi connectivity index (χ3n) is 5.18. The van der Waals surface area contributed by atoms with Crippen LogP contribution in [0.1, 0.15) is 45.6 Å². The van der Waals surface area contributed by atoms with Gasteiger partial charge in [-0.25, -0.2) is 4.39 Å². The average molecular weight is 431 g/mol. The molecule has 2 aromatic carbocycles. The summed E-state index contributed by atoms with van der Waals surface area (Å²) in [5, 5.41) is 13.0. The molecule has 0 saturated carbocycles. The van der Waals surface area contributed by atoms with Crippen LogP contribution >= 0.6 is 0 Å². The van der Waals surface area contributed by atoms with E-state index in [1.807, 2.05) is 0 Å². The van der Waals surface area contributed by atoms with Gasteiger partial charge in [0.15, 0.2) is 5.69 Å². The number of nitrogens with two attached hydrogens (primary N) is 1. The molecule has 0 aliphatic rings. The lowest BCUT2D eigenvalue weighted by Gasteiger charge is -2.22. The van der Waals surface area contributed by atoms with Gasteiger partial charge in [0, 0.05) is 17.5 Å². The number of carbonyl (C=O) groups excluding carboxylic acids is 1. The van der Waals surface area contributed by atoms with Crippen molar-refractivity contribution < 1.29 is 23.1 Å². The van der Waals surface area contributed by atoms with E-state index in [9.17, 15) is 22.8 Å². The molecule has 6 nitrogen and oxygen atoms in total. The standard InChI is InChI=1S/C22H20F3N3O3/c1-12(14-6-5-7-16(13(14)2)22(24,25)11-29)15-10-19(30)28(27-20(15)21(26)31)18-9-4-3-8-17(18)23/h3-10,12,29H,11H2,1-2H3,(H2,26,31). The largest absolute Gasteiger partial charge is 0.390 e. The van der Waals surface area contributed by atoms with Gasteiger partial charge in [0.2, 0.25) is 0 Å². The van der Waals surface area contributed by atoms with Crippen molar-refractivity contribution in [1.82, 2.24) is 9.78 Å². The van der Waals surface area contributed by atoms with Crippen molar-refractivity contribution >= 4 is 5.91 Å². The summed E-state index contributed by atoms with van der Waals surface area (Å²) in [6, 6.07) is 10.7. The summed E-state index contributed by atoms with van der Waals surface area (Å²) in [5.41, 5.74) is 4.66. The molecule has 1 atom stereocenters. The number of aliphatic hydroxyl groups excluding tert-OH is 1. The van der Waals surface area contributed by atoms with E-state index in [0.717, 1.165) is 16.8 Å². The lowest BCUT2D eigenvalue weighted by Crippen LogP contribution is -2.29. The van der Waals surface area contributed by atoms with E-state index < -0.39 is 35.7 Å². The molecule has 3 N–H and O–H groups in total. The van der Waals surface area contributed by atoms with Gasteiger partial charge in [0.1, 0.15) is 18.1 Å². The van der Waals surface area contributed by atoms with Gasteiger partial charge in [0.25, 0.3) is 17.4 Å². The number of hydrogen-bond acceptors (Lipinski definition) is 4. The van der Waals surface area contributed by atoms with Gasteiger partial charge < -0.3 is 10.8 Å². The second-order valence-corrected chi connectivity index (χ2v) is 7.12. The van der Waals surface area contributed by atoms with Gasteiger partial charge in [-0.05, 0) is 35.7 Å². The van der Waals surface area contributed by atoms with Crippen LogP contribution in [0, 0.1) is 12.7 Å². The van der Waals surface area contributed by atoms with E-state index in [-0.39, 0.29) is 28.1 Å². The Hall–Kier alpha value is -3.46. The first-order valence-corrected chi connectivity index (χ1v) is 9.36. The summed E-state index contributed by atoms with van der Waals surface area (Å²) in [5.74, 6) is -5.85. The van der Waals surface area contributed by atoms with Crippen LogP contribution in [0.25, 0.3) is 5.69 Å². The fraction of sp³-hybridized carbons (Fsp3) is 0.227. The molecule has 0 aliphatic carbocycles.